The molecule has 0 atom stereocenters. The molecule has 0 aliphatic carbocycles. The molecule has 1 aliphatic heterocycles. The molecule has 1 aliphatic rings. The molecule has 1 N–H and O–H groups in total. The number of nitrogens with zero attached hydrogens (tertiary/aromatic N) is 4. The molecule has 0 spiro atoms. The fourth-order valence-corrected chi connectivity index (χ4v) is 3.45. The van der Waals surface area contributed by atoms with Crippen LogP contribution in [0.4, 0.5) is 11.5 Å². The average molecular weight is 539 g/mol. The molecule has 0 fully saturated rings. The molecule has 4 rings (SSSR count). The molecule has 34 heavy (non-hydrogen) atoms. The Morgan fingerprint density at radius 1 is 1.32 bits per heavy atom. The Labute approximate surface area is 213 Å². The van der Waals surface area contributed by atoms with Crippen LogP contribution >= 0.6 is 27.5 Å². The molecule has 0 bridgehead atoms. The SMILES string of the molecule is C#CCC.C/C=C\N1C=CC(Oc2ccc(Nc3ncnc4cc(Br)c(Cl)nc34)cc2C)=CC1. The molecule has 1 aromatic carbocycles. The minimum atomic E-state index is 0.363. The van der Waals surface area contributed by atoms with Gasteiger partial charge in [0.1, 0.15) is 28.5 Å². The van der Waals surface area contributed by atoms with Gasteiger partial charge in [0.05, 0.1) is 9.99 Å². The second kappa shape index (κ2) is 12.2. The van der Waals surface area contributed by atoms with Crippen LogP contribution in [-0.4, -0.2) is 26.4 Å². The quantitative estimate of drug-likeness (QED) is 0.275. The number of hydrogen-bond donors (Lipinski definition) is 1. The van der Waals surface area contributed by atoms with Gasteiger partial charge < -0.3 is 15.0 Å². The summed E-state index contributed by atoms with van der Waals surface area (Å²) in [5.74, 6) is 4.64. The lowest BCUT2D eigenvalue weighted by atomic mass is 10.2. The summed E-state index contributed by atoms with van der Waals surface area (Å²) in [5, 5.41) is 3.66. The van der Waals surface area contributed by atoms with Crippen molar-refractivity contribution in [1.29, 1.82) is 0 Å². The largest absolute Gasteiger partial charge is 0.457 e. The predicted octanol–water partition coefficient (Wildman–Crippen LogP) is 7.15. The third-order valence-electron chi connectivity index (χ3n) is 4.66. The van der Waals surface area contributed by atoms with Crippen LogP contribution in [0.3, 0.4) is 0 Å². The van der Waals surface area contributed by atoms with Crippen LogP contribution in [-0.2, 0) is 0 Å². The monoisotopic (exact) mass is 537 g/mol. The van der Waals surface area contributed by atoms with E-state index in [1.807, 2.05) is 75.7 Å². The number of ether oxygens (including phenoxy) is 1. The molecule has 0 saturated carbocycles. The maximum Gasteiger partial charge on any atom is 0.160 e. The molecule has 8 heteroatoms. The van der Waals surface area contributed by atoms with Gasteiger partial charge in [0.25, 0.3) is 0 Å². The van der Waals surface area contributed by atoms with E-state index in [1.165, 1.54) is 6.33 Å². The minimum Gasteiger partial charge on any atom is -0.457 e. The zero-order valence-corrected chi connectivity index (χ0v) is 21.6. The lowest BCUT2D eigenvalue weighted by Crippen LogP contribution is -2.14. The van der Waals surface area contributed by atoms with Crippen LogP contribution in [0, 0.1) is 19.3 Å². The number of aromatic nitrogens is 3. The maximum absolute atomic E-state index is 6.15. The fourth-order valence-electron chi connectivity index (χ4n) is 3.01. The number of terminal acetylenes is 1. The number of hydrogen-bond acceptors (Lipinski definition) is 6. The van der Waals surface area contributed by atoms with Crippen molar-refractivity contribution < 1.29 is 4.74 Å². The summed E-state index contributed by atoms with van der Waals surface area (Å²) in [7, 11) is 0. The minimum absolute atomic E-state index is 0.363. The number of nitrogens with one attached hydrogen (secondary N) is 1. The van der Waals surface area contributed by atoms with Crippen molar-refractivity contribution in [3.63, 3.8) is 0 Å². The van der Waals surface area contributed by atoms with E-state index in [2.05, 4.69) is 47.0 Å². The summed E-state index contributed by atoms with van der Waals surface area (Å²) < 4.78 is 6.75. The number of benzene rings is 1. The number of pyridine rings is 1. The van der Waals surface area contributed by atoms with Crippen LogP contribution < -0.4 is 10.1 Å². The zero-order chi connectivity index (χ0) is 24.5. The van der Waals surface area contributed by atoms with E-state index in [0.717, 1.165) is 35.7 Å². The van der Waals surface area contributed by atoms with Gasteiger partial charge >= 0.3 is 0 Å². The van der Waals surface area contributed by atoms with E-state index >= 15 is 0 Å². The van der Waals surface area contributed by atoms with Crippen molar-refractivity contribution in [2.75, 3.05) is 11.9 Å². The van der Waals surface area contributed by atoms with E-state index in [-0.39, 0.29) is 0 Å². The summed E-state index contributed by atoms with van der Waals surface area (Å²) in [6.45, 7) is 6.72. The lowest BCUT2D eigenvalue weighted by molar-refractivity contribution is 0.422. The molecular formula is C26H25BrClN5O. The highest BCUT2D eigenvalue weighted by Crippen LogP contribution is 2.30. The van der Waals surface area contributed by atoms with Gasteiger partial charge in [-0.3, -0.25) is 0 Å². The Morgan fingerprint density at radius 3 is 2.76 bits per heavy atom. The molecule has 6 nitrogen and oxygen atoms in total. The maximum atomic E-state index is 6.15. The highest BCUT2D eigenvalue weighted by Gasteiger charge is 2.11. The van der Waals surface area contributed by atoms with Gasteiger partial charge in [0.2, 0.25) is 0 Å². The highest BCUT2D eigenvalue weighted by molar-refractivity contribution is 9.10. The second-order valence-electron chi connectivity index (χ2n) is 7.22. The number of rotatable bonds is 5. The topological polar surface area (TPSA) is 63.2 Å². The first-order chi connectivity index (χ1) is 16.4. The normalized spacial score (nSPS) is 12.7. The Balaban J connectivity index is 0.000000751. The van der Waals surface area contributed by atoms with Crippen molar-refractivity contribution in [3.8, 4) is 18.1 Å². The van der Waals surface area contributed by atoms with Crippen molar-refractivity contribution >= 4 is 50.1 Å². The first-order valence-corrected chi connectivity index (χ1v) is 11.8. The predicted molar refractivity (Wildman–Crippen MR) is 143 cm³/mol. The summed E-state index contributed by atoms with van der Waals surface area (Å²) >= 11 is 9.52. The Bertz CT molecular complexity index is 1300. The van der Waals surface area contributed by atoms with E-state index in [4.69, 9.17) is 22.8 Å². The molecule has 174 valence electrons. The molecule has 3 heterocycles. The van der Waals surface area contributed by atoms with Gasteiger partial charge in [-0.2, -0.15) is 0 Å². The summed E-state index contributed by atoms with van der Waals surface area (Å²) in [6.07, 6.45) is 17.1. The Hall–Kier alpha value is -3.34. The molecule has 2 aromatic heterocycles. The van der Waals surface area contributed by atoms with Crippen LogP contribution in [0.25, 0.3) is 11.0 Å². The third kappa shape index (κ3) is 6.60. The summed E-state index contributed by atoms with van der Waals surface area (Å²) in [4.78, 5) is 15.1. The van der Waals surface area contributed by atoms with E-state index in [1.54, 1.807) is 0 Å². The summed E-state index contributed by atoms with van der Waals surface area (Å²) in [6, 6.07) is 7.70. The Kier molecular flexibility index (Phi) is 9.08. The van der Waals surface area contributed by atoms with Gasteiger partial charge in [0, 0.05) is 24.9 Å². The molecule has 3 aromatic rings. The third-order valence-corrected chi connectivity index (χ3v) is 5.79. The van der Waals surface area contributed by atoms with E-state index < -0.39 is 0 Å². The van der Waals surface area contributed by atoms with Gasteiger partial charge in [-0.25, -0.2) is 15.0 Å². The highest BCUT2D eigenvalue weighted by atomic mass is 79.9. The van der Waals surface area contributed by atoms with Crippen LogP contribution in [0.15, 0.2) is 71.5 Å². The number of fused-ring (bicyclic) bond motifs is 1. The number of allylic oxidation sites excluding steroid dienone is 2. The Morgan fingerprint density at radius 2 is 2.12 bits per heavy atom. The van der Waals surface area contributed by atoms with Crippen molar-refractivity contribution in [1.82, 2.24) is 19.9 Å². The first kappa shape index (κ1) is 25.3. The van der Waals surface area contributed by atoms with Gasteiger partial charge in [-0.1, -0.05) is 24.6 Å². The van der Waals surface area contributed by atoms with Crippen molar-refractivity contribution in [2.24, 2.45) is 0 Å². The molecule has 0 radical (unpaired) electrons. The van der Waals surface area contributed by atoms with Gasteiger partial charge in [-0.05, 0) is 78.0 Å². The average Bonchev–Trinajstić information content (AvgIpc) is 2.83. The van der Waals surface area contributed by atoms with E-state index in [9.17, 15) is 0 Å². The molecular weight excluding hydrogens is 514 g/mol. The molecule has 0 unspecified atom stereocenters. The van der Waals surface area contributed by atoms with Gasteiger partial charge in [0.15, 0.2) is 5.82 Å². The molecule has 0 saturated heterocycles. The first-order valence-electron chi connectivity index (χ1n) is 10.7. The smallest absolute Gasteiger partial charge is 0.160 e. The number of aryl methyl sites for hydroxylation is 1. The lowest BCUT2D eigenvalue weighted by Gasteiger charge is -2.19. The van der Waals surface area contributed by atoms with Crippen LogP contribution in [0.5, 0.6) is 5.75 Å². The van der Waals surface area contributed by atoms with Gasteiger partial charge in [-0.15, -0.1) is 12.3 Å². The fraction of sp³-hybridized carbons (Fsp3) is 0.192. The van der Waals surface area contributed by atoms with E-state index in [0.29, 0.717) is 26.5 Å². The van der Waals surface area contributed by atoms with Crippen LogP contribution in [0.1, 0.15) is 25.8 Å². The number of anilines is 2. The van der Waals surface area contributed by atoms with Crippen LogP contribution in [0.2, 0.25) is 5.15 Å². The standard InChI is InChI=1S/C22H19BrClN5O.C4H6/c1-3-8-29-9-6-16(7-10-29)30-19-5-4-15(11-14(19)2)27-22-20-18(25-13-26-22)12-17(23)21(24)28-20;1-3-4-2/h3-9,11-13H,10H2,1-2H3,(H,25,26,27);1H,4H2,2H3/b8-3-;. The summed E-state index contributed by atoms with van der Waals surface area (Å²) in [5.41, 5.74) is 3.17. The van der Waals surface area contributed by atoms with Crippen molar-refractivity contribution in [3.05, 3.63) is 82.2 Å². The second-order valence-corrected chi connectivity index (χ2v) is 8.43. The molecule has 0 amide bonds. The van der Waals surface area contributed by atoms with Crippen molar-refractivity contribution in [2.45, 2.75) is 27.2 Å². The number of halogens is 2. The zero-order valence-electron chi connectivity index (χ0n) is 19.2.